The van der Waals surface area contributed by atoms with Crippen LogP contribution in [0.25, 0.3) is 10.7 Å². The summed E-state index contributed by atoms with van der Waals surface area (Å²) in [6, 6.07) is 3.70. The molecule has 0 amide bonds. The first-order valence-electron chi connectivity index (χ1n) is 6.74. The van der Waals surface area contributed by atoms with Crippen molar-refractivity contribution < 1.29 is 4.74 Å². The van der Waals surface area contributed by atoms with Crippen LogP contribution >= 0.6 is 11.3 Å². The second-order valence-corrected chi connectivity index (χ2v) is 5.81. The van der Waals surface area contributed by atoms with Crippen LogP contribution in [0.15, 0.2) is 12.1 Å². The van der Waals surface area contributed by atoms with Gasteiger partial charge in [-0.15, -0.1) is 21.5 Å². The number of hydrogen-bond donors (Lipinski definition) is 1. The lowest BCUT2D eigenvalue weighted by Crippen LogP contribution is -2.12. The minimum absolute atomic E-state index is 0.403. The minimum Gasteiger partial charge on any atom is -0.480 e. The molecule has 0 radical (unpaired) electrons. The fourth-order valence-electron chi connectivity index (χ4n) is 1.83. The predicted octanol–water partition coefficient (Wildman–Crippen LogP) is 2.84. The fourth-order valence-corrected chi connectivity index (χ4v) is 2.98. The Morgan fingerprint density at radius 2 is 2.10 bits per heavy atom. The van der Waals surface area contributed by atoms with E-state index < -0.39 is 0 Å². The molecule has 0 aliphatic carbocycles. The number of ether oxygens (including phenoxy) is 1. The van der Waals surface area contributed by atoms with Crippen LogP contribution in [-0.2, 0) is 6.54 Å². The number of nitrogens with one attached hydrogen (secondary N) is 1. The molecule has 0 aliphatic heterocycles. The molecule has 0 saturated heterocycles. The number of methoxy groups -OCH3 is 1. The van der Waals surface area contributed by atoms with Gasteiger partial charge in [-0.2, -0.15) is 0 Å². The molecule has 0 unspecified atom stereocenters. The molecule has 5 nitrogen and oxygen atoms in total. The van der Waals surface area contributed by atoms with E-state index in [1.54, 1.807) is 18.4 Å². The highest BCUT2D eigenvalue weighted by atomic mass is 32.1. The quantitative estimate of drug-likeness (QED) is 0.887. The molecule has 1 N–H and O–H groups in total. The highest BCUT2D eigenvalue weighted by Gasteiger charge is 2.16. The molecule has 2 rings (SSSR count). The number of aromatic nitrogens is 3. The van der Waals surface area contributed by atoms with Gasteiger partial charge in [0, 0.05) is 17.5 Å². The van der Waals surface area contributed by atoms with Crippen LogP contribution in [0, 0.1) is 0 Å². The molecule has 0 aromatic carbocycles. The third-order valence-electron chi connectivity index (χ3n) is 2.88. The second-order valence-electron chi connectivity index (χ2n) is 4.72. The van der Waals surface area contributed by atoms with Crippen molar-refractivity contribution in [1.82, 2.24) is 20.5 Å². The summed E-state index contributed by atoms with van der Waals surface area (Å²) in [5.41, 5.74) is 1.93. The van der Waals surface area contributed by atoms with Crippen molar-refractivity contribution in [3.8, 4) is 16.6 Å². The van der Waals surface area contributed by atoms with Gasteiger partial charge >= 0.3 is 0 Å². The Morgan fingerprint density at radius 3 is 2.65 bits per heavy atom. The van der Waals surface area contributed by atoms with Gasteiger partial charge in [0.05, 0.1) is 12.8 Å². The van der Waals surface area contributed by atoms with Crippen LogP contribution in [0.3, 0.4) is 0 Å². The maximum atomic E-state index is 5.02. The summed E-state index contributed by atoms with van der Waals surface area (Å²) in [7, 11) is 1.58. The molecule has 0 atom stereocenters. The molecule has 2 heterocycles. The van der Waals surface area contributed by atoms with Crippen molar-refractivity contribution in [2.24, 2.45) is 0 Å². The Kier molecular flexibility index (Phi) is 5.03. The molecular weight excluding hydrogens is 272 g/mol. The van der Waals surface area contributed by atoms with Gasteiger partial charge in [0.15, 0.2) is 0 Å². The van der Waals surface area contributed by atoms with Crippen LogP contribution < -0.4 is 10.1 Å². The molecule has 0 saturated carbocycles. The summed E-state index contributed by atoms with van der Waals surface area (Å²) in [4.78, 5) is 6.00. The minimum atomic E-state index is 0.403. The van der Waals surface area contributed by atoms with Crippen LogP contribution in [0.1, 0.15) is 37.3 Å². The Hall–Kier alpha value is -1.53. The summed E-state index contributed by atoms with van der Waals surface area (Å²) in [5, 5.41) is 12.4. The topological polar surface area (TPSA) is 59.9 Å². The Bertz CT molecular complexity index is 551. The van der Waals surface area contributed by atoms with Gasteiger partial charge in [-0.05, 0) is 18.5 Å². The van der Waals surface area contributed by atoms with Crippen molar-refractivity contribution in [2.45, 2.75) is 33.2 Å². The van der Waals surface area contributed by atoms with Gasteiger partial charge in [-0.1, -0.05) is 20.8 Å². The van der Waals surface area contributed by atoms with Gasteiger partial charge in [0.25, 0.3) is 0 Å². The van der Waals surface area contributed by atoms with E-state index in [0.29, 0.717) is 11.8 Å². The first-order chi connectivity index (χ1) is 9.65. The Labute approximate surface area is 123 Å². The lowest BCUT2D eigenvalue weighted by atomic mass is 10.1. The Balaban J connectivity index is 2.31. The molecule has 0 fully saturated rings. The van der Waals surface area contributed by atoms with E-state index in [-0.39, 0.29) is 0 Å². The Morgan fingerprint density at radius 1 is 1.30 bits per heavy atom. The summed E-state index contributed by atoms with van der Waals surface area (Å²) >= 11 is 1.68. The third-order valence-corrected chi connectivity index (χ3v) is 3.97. The normalized spacial score (nSPS) is 11.1. The predicted molar refractivity (Wildman–Crippen MR) is 81.2 cm³/mol. The molecule has 20 heavy (non-hydrogen) atoms. The molecule has 0 spiro atoms. The van der Waals surface area contributed by atoms with Gasteiger partial charge < -0.3 is 10.1 Å². The van der Waals surface area contributed by atoms with E-state index in [0.717, 1.165) is 29.5 Å². The van der Waals surface area contributed by atoms with Gasteiger partial charge in [-0.3, -0.25) is 0 Å². The summed E-state index contributed by atoms with van der Waals surface area (Å²) in [5.74, 6) is 0.919. The van der Waals surface area contributed by atoms with E-state index in [1.807, 2.05) is 12.1 Å². The SMILES string of the molecule is CCNCc1sc(-c2ccc(OC)nn2)nc1C(C)C. The zero-order valence-corrected chi connectivity index (χ0v) is 13.1. The maximum Gasteiger partial charge on any atom is 0.233 e. The zero-order valence-electron chi connectivity index (χ0n) is 12.3. The van der Waals surface area contributed by atoms with Crippen molar-refractivity contribution in [1.29, 1.82) is 0 Å². The smallest absolute Gasteiger partial charge is 0.233 e. The fraction of sp³-hybridized carbons (Fsp3) is 0.500. The second kappa shape index (κ2) is 6.76. The molecular formula is C14H20N4OS. The molecule has 0 aliphatic rings. The molecule has 0 bridgehead atoms. The van der Waals surface area contributed by atoms with Crippen LogP contribution in [0.2, 0.25) is 0 Å². The molecule has 2 aromatic rings. The maximum absolute atomic E-state index is 5.02. The zero-order chi connectivity index (χ0) is 14.5. The number of nitrogens with zero attached hydrogens (tertiary/aromatic N) is 3. The van der Waals surface area contributed by atoms with E-state index in [2.05, 4.69) is 36.3 Å². The van der Waals surface area contributed by atoms with Gasteiger partial charge in [0.2, 0.25) is 5.88 Å². The van der Waals surface area contributed by atoms with Crippen molar-refractivity contribution in [2.75, 3.05) is 13.7 Å². The average molecular weight is 292 g/mol. The van der Waals surface area contributed by atoms with Crippen molar-refractivity contribution in [3.05, 3.63) is 22.7 Å². The number of thiazole rings is 1. The standard InChI is InChI=1S/C14H20N4OS/c1-5-15-8-11-13(9(2)3)16-14(20-11)10-6-7-12(19-4)18-17-10/h6-7,9,15H,5,8H2,1-4H3. The van der Waals surface area contributed by atoms with Gasteiger partial charge in [0.1, 0.15) is 10.7 Å². The average Bonchev–Trinajstić information content (AvgIpc) is 2.89. The summed E-state index contributed by atoms with van der Waals surface area (Å²) in [6.45, 7) is 8.23. The highest BCUT2D eigenvalue weighted by molar-refractivity contribution is 7.15. The summed E-state index contributed by atoms with van der Waals surface area (Å²) < 4.78 is 5.02. The molecule has 2 aromatic heterocycles. The van der Waals surface area contributed by atoms with Gasteiger partial charge in [-0.25, -0.2) is 4.98 Å². The van der Waals surface area contributed by atoms with Crippen LogP contribution in [0.4, 0.5) is 0 Å². The largest absolute Gasteiger partial charge is 0.480 e. The molecule has 108 valence electrons. The third kappa shape index (κ3) is 3.32. The first-order valence-corrected chi connectivity index (χ1v) is 7.55. The van der Waals surface area contributed by atoms with Crippen molar-refractivity contribution in [3.63, 3.8) is 0 Å². The monoisotopic (exact) mass is 292 g/mol. The van der Waals surface area contributed by atoms with E-state index in [9.17, 15) is 0 Å². The highest BCUT2D eigenvalue weighted by Crippen LogP contribution is 2.30. The number of rotatable bonds is 6. The van der Waals surface area contributed by atoms with Crippen LogP contribution in [0.5, 0.6) is 5.88 Å². The van der Waals surface area contributed by atoms with E-state index >= 15 is 0 Å². The van der Waals surface area contributed by atoms with E-state index in [1.165, 1.54) is 4.88 Å². The first kappa shape index (κ1) is 14.9. The summed E-state index contributed by atoms with van der Waals surface area (Å²) in [6.07, 6.45) is 0. The lowest BCUT2D eigenvalue weighted by Gasteiger charge is -2.04. The van der Waals surface area contributed by atoms with Crippen molar-refractivity contribution >= 4 is 11.3 Å². The number of hydrogen-bond acceptors (Lipinski definition) is 6. The molecule has 6 heteroatoms. The lowest BCUT2D eigenvalue weighted by molar-refractivity contribution is 0.392. The van der Waals surface area contributed by atoms with E-state index in [4.69, 9.17) is 9.72 Å². The van der Waals surface area contributed by atoms with Crippen LogP contribution in [-0.4, -0.2) is 28.8 Å².